The summed E-state index contributed by atoms with van der Waals surface area (Å²) in [6.45, 7) is 8.49. The molecule has 8 heteroatoms. The number of rotatable bonds is 8. The van der Waals surface area contributed by atoms with Crippen molar-refractivity contribution in [2.45, 2.75) is 33.1 Å². The molecule has 2 amide bonds. The Bertz CT molecular complexity index is 1170. The summed E-state index contributed by atoms with van der Waals surface area (Å²) in [6.07, 6.45) is 0. The first kappa shape index (κ1) is 25.5. The molecule has 2 aromatic carbocycles. The number of aryl methyl sites for hydroxylation is 1. The van der Waals surface area contributed by atoms with Crippen LogP contribution in [-0.2, 0) is 14.9 Å². The average molecular weight is 483 g/mol. The minimum atomic E-state index is -0.341. The van der Waals surface area contributed by atoms with Gasteiger partial charge in [0.2, 0.25) is 5.91 Å². The van der Waals surface area contributed by atoms with Crippen LogP contribution in [0.5, 0.6) is 0 Å². The number of aromatic nitrogens is 2. The van der Waals surface area contributed by atoms with Crippen molar-refractivity contribution in [1.82, 2.24) is 14.7 Å². The number of amides is 2. The van der Waals surface area contributed by atoms with Crippen LogP contribution in [0.15, 0.2) is 54.6 Å². The molecule has 7 nitrogen and oxygen atoms in total. The van der Waals surface area contributed by atoms with Gasteiger partial charge < -0.3 is 15.0 Å². The Labute approximate surface area is 205 Å². The van der Waals surface area contributed by atoms with Gasteiger partial charge in [0.15, 0.2) is 0 Å². The second-order valence-electron chi connectivity index (χ2n) is 9.11. The molecule has 3 rings (SSSR count). The Balaban J connectivity index is 1.88. The molecule has 0 radical (unpaired) electrons. The van der Waals surface area contributed by atoms with Crippen LogP contribution in [0.25, 0.3) is 5.69 Å². The maximum absolute atomic E-state index is 13.2. The van der Waals surface area contributed by atoms with E-state index in [0.717, 1.165) is 11.3 Å². The number of hydrogen-bond donors (Lipinski definition) is 1. The highest BCUT2D eigenvalue weighted by Gasteiger charge is 2.24. The van der Waals surface area contributed by atoms with Crippen molar-refractivity contribution in [3.63, 3.8) is 0 Å². The molecule has 0 atom stereocenters. The molecule has 0 saturated carbocycles. The first-order valence-corrected chi connectivity index (χ1v) is 11.5. The summed E-state index contributed by atoms with van der Waals surface area (Å²) in [4.78, 5) is 27.8. The van der Waals surface area contributed by atoms with E-state index in [1.54, 1.807) is 23.9 Å². The second-order valence-corrected chi connectivity index (χ2v) is 9.52. The van der Waals surface area contributed by atoms with E-state index in [0.29, 0.717) is 28.7 Å². The summed E-state index contributed by atoms with van der Waals surface area (Å²) in [6, 6.07) is 16.5. The smallest absolute Gasteiger partial charge is 0.254 e. The lowest BCUT2D eigenvalue weighted by Gasteiger charge is -2.23. The first-order chi connectivity index (χ1) is 16.1. The zero-order valence-electron chi connectivity index (χ0n) is 20.3. The van der Waals surface area contributed by atoms with E-state index in [4.69, 9.17) is 21.4 Å². The minimum absolute atomic E-state index is 0.130. The molecule has 1 heterocycles. The van der Waals surface area contributed by atoms with Crippen LogP contribution in [0.2, 0.25) is 5.02 Å². The second kappa shape index (κ2) is 10.8. The third-order valence-corrected chi connectivity index (χ3v) is 5.71. The fourth-order valence-electron chi connectivity index (χ4n) is 3.44. The molecule has 34 heavy (non-hydrogen) atoms. The van der Waals surface area contributed by atoms with Crippen LogP contribution in [0.4, 0.5) is 5.82 Å². The number of halogens is 1. The Morgan fingerprint density at radius 2 is 1.79 bits per heavy atom. The largest absolute Gasteiger partial charge is 0.383 e. The number of carbonyl (C=O) groups is 2. The number of carbonyl (C=O) groups excluding carboxylic acids is 2. The van der Waals surface area contributed by atoms with Gasteiger partial charge in [-0.15, -0.1) is 0 Å². The van der Waals surface area contributed by atoms with Crippen LogP contribution in [-0.4, -0.2) is 53.3 Å². The number of para-hydroxylation sites is 1. The monoisotopic (exact) mass is 482 g/mol. The van der Waals surface area contributed by atoms with Crippen LogP contribution in [0, 0.1) is 6.92 Å². The van der Waals surface area contributed by atoms with Gasteiger partial charge in [-0.05, 0) is 30.7 Å². The van der Waals surface area contributed by atoms with Crippen molar-refractivity contribution >= 4 is 29.2 Å². The Morgan fingerprint density at radius 3 is 2.44 bits per heavy atom. The maximum Gasteiger partial charge on any atom is 0.254 e. The molecule has 0 saturated heterocycles. The molecule has 0 aliphatic heterocycles. The highest BCUT2D eigenvalue weighted by molar-refractivity contribution is 6.32. The number of hydrogen-bond acceptors (Lipinski definition) is 4. The molecule has 3 aromatic rings. The van der Waals surface area contributed by atoms with Gasteiger partial charge >= 0.3 is 0 Å². The lowest BCUT2D eigenvalue weighted by molar-refractivity contribution is -0.117. The lowest BCUT2D eigenvalue weighted by Crippen LogP contribution is -2.40. The van der Waals surface area contributed by atoms with Gasteiger partial charge in [-0.1, -0.05) is 62.7 Å². The van der Waals surface area contributed by atoms with Gasteiger partial charge in [0.1, 0.15) is 12.4 Å². The minimum Gasteiger partial charge on any atom is -0.383 e. The van der Waals surface area contributed by atoms with Gasteiger partial charge in [-0.2, -0.15) is 5.10 Å². The third-order valence-electron chi connectivity index (χ3n) is 5.39. The molecule has 180 valence electrons. The Hall–Kier alpha value is -3.16. The molecular formula is C26H31ClN4O3. The number of ether oxygens (including phenoxy) is 1. The molecule has 0 aliphatic carbocycles. The van der Waals surface area contributed by atoms with E-state index < -0.39 is 0 Å². The predicted molar refractivity (Wildman–Crippen MR) is 135 cm³/mol. The summed E-state index contributed by atoms with van der Waals surface area (Å²) in [5.41, 5.74) is 2.62. The molecule has 1 aromatic heterocycles. The van der Waals surface area contributed by atoms with E-state index in [1.807, 2.05) is 70.2 Å². The summed E-state index contributed by atoms with van der Waals surface area (Å²) in [5, 5.41) is 8.14. The molecule has 0 aliphatic rings. The molecular weight excluding hydrogens is 452 g/mol. The SMILES string of the molecule is COCCN(CC(=O)Nc1cc(C(C)(C)C)nn1-c1ccccc1Cl)C(=O)c1ccccc1C. The number of nitrogens with zero attached hydrogens (tertiary/aromatic N) is 3. The van der Waals surface area contributed by atoms with Crippen molar-refractivity contribution < 1.29 is 14.3 Å². The number of nitrogens with one attached hydrogen (secondary N) is 1. The molecule has 0 bridgehead atoms. The molecule has 0 unspecified atom stereocenters. The summed E-state index contributed by atoms with van der Waals surface area (Å²) in [5.74, 6) is -0.0787. The summed E-state index contributed by atoms with van der Waals surface area (Å²) < 4.78 is 6.79. The number of benzene rings is 2. The van der Waals surface area contributed by atoms with Crippen LogP contribution in [0.1, 0.15) is 42.4 Å². The Morgan fingerprint density at radius 1 is 1.12 bits per heavy atom. The van der Waals surface area contributed by atoms with Gasteiger partial charge in [0.05, 0.1) is 23.0 Å². The highest BCUT2D eigenvalue weighted by atomic mass is 35.5. The van der Waals surface area contributed by atoms with Gasteiger partial charge in [0.25, 0.3) is 5.91 Å². The number of methoxy groups -OCH3 is 1. The normalized spacial score (nSPS) is 11.4. The zero-order valence-corrected chi connectivity index (χ0v) is 21.0. The van der Waals surface area contributed by atoms with Gasteiger partial charge in [-0.3, -0.25) is 9.59 Å². The summed E-state index contributed by atoms with van der Waals surface area (Å²) in [7, 11) is 1.56. The molecule has 0 fully saturated rings. The van der Waals surface area contributed by atoms with Crippen LogP contribution < -0.4 is 5.32 Å². The van der Waals surface area contributed by atoms with E-state index in [9.17, 15) is 9.59 Å². The van der Waals surface area contributed by atoms with Crippen molar-refractivity contribution in [3.05, 3.63) is 76.4 Å². The number of anilines is 1. The highest BCUT2D eigenvalue weighted by Crippen LogP contribution is 2.29. The summed E-state index contributed by atoms with van der Waals surface area (Å²) >= 11 is 6.42. The Kier molecular flexibility index (Phi) is 8.12. The van der Waals surface area contributed by atoms with Crippen molar-refractivity contribution in [1.29, 1.82) is 0 Å². The quantitative estimate of drug-likeness (QED) is 0.497. The first-order valence-electron chi connectivity index (χ1n) is 11.1. The van der Waals surface area contributed by atoms with Crippen molar-refractivity contribution in [2.24, 2.45) is 0 Å². The van der Waals surface area contributed by atoms with E-state index in [2.05, 4.69) is 5.32 Å². The fraction of sp³-hybridized carbons (Fsp3) is 0.346. The maximum atomic E-state index is 13.2. The standard InChI is InChI=1S/C26H31ClN4O3/c1-18-10-6-7-11-19(18)25(33)30(14-15-34-5)17-24(32)28-23-16-22(26(2,3)4)29-31(23)21-13-9-8-12-20(21)27/h6-13,16H,14-15,17H2,1-5H3,(H,28,32). The van der Waals surface area contributed by atoms with E-state index >= 15 is 0 Å². The lowest BCUT2D eigenvalue weighted by atomic mass is 9.92. The average Bonchev–Trinajstić information content (AvgIpc) is 3.20. The predicted octanol–water partition coefficient (Wildman–Crippen LogP) is 4.86. The van der Waals surface area contributed by atoms with E-state index in [1.165, 1.54) is 4.90 Å². The van der Waals surface area contributed by atoms with Gasteiger partial charge in [0, 0.05) is 30.7 Å². The van der Waals surface area contributed by atoms with Crippen LogP contribution in [0.3, 0.4) is 0 Å². The zero-order chi connectivity index (χ0) is 24.9. The van der Waals surface area contributed by atoms with Crippen molar-refractivity contribution in [2.75, 3.05) is 32.1 Å². The van der Waals surface area contributed by atoms with Crippen molar-refractivity contribution in [3.8, 4) is 5.69 Å². The molecule has 0 spiro atoms. The molecule has 1 N–H and O–H groups in total. The van der Waals surface area contributed by atoms with Gasteiger partial charge in [-0.25, -0.2) is 4.68 Å². The topological polar surface area (TPSA) is 76.5 Å². The van der Waals surface area contributed by atoms with Crippen LogP contribution >= 0.6 is 11.6 Å². The van der Waals surface area contributed by atoms with E-state index in [-0.39, 0.29) is 30.3 Å². The fourth-order valence-corrected chi connectivity index (χ4v) is 3.65. The third kappa shape index (κ3) is 6.04.